The number of aromatic nitrogens is 1. The van der Waals surface area contributed by atoms with Crippen LogP contribution >= 0.6 is 0 Å². The van der Waals surface area contributed by atoms with Crippen molar-refractivity contribution in [1.82, 2.24) is 4.98 Å². The third-order valence-electron chi connectivity index (χ3n) is 7.31. The molecular formula is C32H32FNO5. The van der Waals surface area contributed by atoms with Crippen LogP contribution in [-0.2, 0) is 20.7 Å². The highest BCUT2D eigenvalue weighted by Crippen LogP contribution is 2.42. The number of pyridine rings is 1. The number of hydrogen-bond donors (Lipinski definition) is 0. The van der Waals surface area contributed by atoms with Crippen LogP contribution in [0.3, 0.4) is 0 Å². The van der Waals surface area contributed by atoms with Crippen LogP contribution in [0.1, 0.15) is 60.5 Å². The molecule has 3 atom stereocenters. The molecular weight excluding hydrogens is 497 g/mol. The Morgan fingerprint density at radius 3 is 2.67 bits per heavy atom. The molecule has 0 N–H and O–H groups in total. The number of methoxy groups -OCH3 is 1. The van der Waals surface area contributed by atoms with Crippen LogP contribution in [0.5, 0.6) is 11.6 Å². The number of aryl methyl sites for hydroxylation is 1. The van der Waals surface area contributed by atoms with E-state index in [1.54, 1.807) is 6.92 Å². The maximum atomic E-state index is 15.2. The fourth-order valence-electron chi connectivity index (χ4n) is 5.32. The molecule has 2 aromatic carbocycles. The molecule has 0 saturated carbocycles. The number of ether oxygens (including phenoxy) is 4. The van der Waals surface area contributed by atoms with Crippen molar-refractivity contribution >= 4 is 5.97 Å². The van der Waals surface area contributed by atoms with Crippen LogP contribution < -0.4 is 9.47 Å². The maximum absolute atomic E-state index is 15.2. The lowest BCUT2D eigenvalue weighted by molar-refractivity contribution is -0.140. The maximum Gasteiger partial charge on any atom is 0.307 e. The molecule has 1 fully saturated rings. The number of benzene rings is 2. The molecule has 2 unspecified atom stereocenters. The summed E-state index contributed by atoms with van der Waals surface area (Å²) in [6.07, 6.45) is 3.86. The molecule has 0 amide bonds. The number of fused-ring (bicyclic) bond motifs is 1. The number of nitrogens with zero attached hydrogens (tertiary/aromatic N) is 1. The summed E-state index contributed by atoms with van der Waals surface area (Å²) in [4.78, 5) is 16.3. The molecule has 2 heterocycles. The van der Waals surface area contributed by atoms with Crippen molar-refractivity contribution in [2.24, 2.45) is 0 Å². The highest BCUT2D eigenvalue weighted by molar-refractivity contribution is 5.73. The van der Waals surface area contributed by atoms with Crippen LogP contribution in [0.2, 0.25) is 0 Å². The van der Waals surface area contributed by atoms with Crippen LogP contribution in [0, 0.1) is 24.6 Å². The van der Waals surface area contributed by atoms with Gasteiger partial charge in [-0.2, -0.15) is 0 Å². The van der Waals surface area contributed by atoms with Gasteiger partial charge in [0, 0.05) is 29.8 Å². The highest BCUT2D eigenvalue weighted by Gasteiger charge is 2.31. The average Bonchev–Trinajstić information content (AvgIpc) is 3.60. The van der Waals surface area contributed by atoms with Gasteiger partial charge in [0.2, 0.25) is 5.88 Å². The van der Waals surface area contributed by atoms with E-state index < -0.39 is 6.10 Å². The fourth-order valence-corrected chi connectivity index (χ4v) is 5.32. The van der Waals surface area contributed by atoms with E-state index in [4.69, 9.17) is 18.9 Å². The molecule has 0 radical (unpaired) electrons. The van der Waals surface area contributed by atoms with Crippen molar-refractivity contribution in [3.63, 3.8) is 0 Å². The van der Waals surface area contributed by atoms with Crippen LogP contribution in [0.15, 0.2) is 48.7 Å². The van der Waals surface area contributed by atoms with Gasteiger partial charge < -0.3 is 18.9 Å². The minimum atomic E-state index is -0.398. The Bertz CT molecular complexity index is 1400. The number of rotatable bonds is 8. The van der Waals surface area contributed by atoms with E-state index in [1.807, 2.05) is 49.5 Å². The minimum absolute atomic E-state index is 0.0306. The van der Waals surface area contributed by atoms with Gasteiger partial charge in [-0.15, -0.1) is 5.92 Å². The molecule has 39 heavy (non-hydrogen) atoms. The second-order valence-electron chi connectivity index (χ2n) is 9.87. The second kappa shape index (κ2) is 11.9. The monoisotopic (exact) mass is 529 g/mol. The average molecular weight is 530 g/mol. The molecule has 0 bridgehead atoms. The Morgan fingerprint density at radius 1 is 1.15 bits per heavy atom. The highest BCUT2D eigenvalue weighted by atomic mass is 19.1. The van der Waals surface area contributed by atoms with Gasteiger partial charge in [0.25, 0.3) is 0 Å². The molecule has 202 valence electrons. The van der Waals surface area contributed by atoms with Crippen molar-refractivity contribution in [2.45, 2.75) is 57.7 Å². The lowest BCUT2D eigenvalue weighted by Crippen LogP contribution is -2.16. The van der Waals surface area contributed by atoms with E-state index in [0.717, 1.165) is 34.2 Å². The summed E-state index contributed by atoms with van der Waals surface area (Å²) in [5, 5.41) is 0. The van der Waals surface area contributed by atoms with Gasteiger partial charge in [0.05, 0.1) is 32.7 Å². The van der Waals surface area contributed by atoms with E-state index in [2.05, 4.69) is 16.8 Å². The van der Waals surface area contributed by atoms with Crippen molar-refractivity contribution < 1.29 is 28.1 Å². The van der Waals surface area contributed by atoms with Crippen molar-refractivity contribution in [3.8, 4) is 34.6 Å². The summed E-state index contributed by atoms with van der Waals surface area (Å²) in [5.74, 6) is 6.32. The number of hydrogen-bond acceptors (Lipinski definition) is 6. The second-order valence-corrected chi connectivity index (χ2v) is 9.87. The molecule has 1 saturated heterocycles. The topological polar surface area (TPSA) is 66.9 Å². The molecule has 1 aromatic heterocycles. The fraction of sp³-hybridized carbons (Fsp3) is 0.375. The summed E-state index contributed by atoms with van der Waals surface area (Å²) >= 11 is 0. The summed E-state index contributed by atoms with van der Waals surface area (Å²) in [6.45, 7) is 5.05. The van der Waals surface area contributed by atoms with Gasteiger partial charge in [0.1, 0.15) is 23.8 Å². The minimum Gasteiger partial charge on any atom is -0.486 e. The van der Waals surface area contributed by atoms with Crippen molar-refractivity contribution in [2.75, 3.05) is 20.3 Å². The van der Waals surface area contributed by atoms with Crippen molar-refractivity contribution in [3.05, 3.63) is 76.7 Å². The Balaban J connectivity index is 1.35. The summed E-state index contributed by atoms with van der Waals surface area (Å²) < 4.78 is 37.6. The first-order chi connectivity index (χ1) is 19.0. The molecule has 1 aliphatic carbocycles. The molecule has 3 aromatic rings. The third-order valence-corrected chi connectivity index (χ3v) is 7.31. The molecule has 7 heteroatoms. The van der Waals surface area contributed by atoms with Gasteiger partial charge in [0.15, 0.2) is 0 Å². The van der Waals surface area contributed by atoms with E-state index in [-0.39, 0.29) is 30.2 Å². The number of halogens is 1. The molecule has 0 spiro atoms. The largest absolute Gasteiger partial charge is 0.486 e. The van der Waals surface area contributed by atoms with E-state index in [1.165, 1.54) is 13.2 Å². The first-order valence-electron chi connectivity index (χ1n) is 13.2. The SMILES string of the molecule is CC#CC(CC(=O)OC)c1ccc(O[C@@H]2CCc3c(-c4cnc(OC5CCOC5)cc4C)ccc(F)c32)cc1. The Kier molecular flexibility index (Phi) is 8.13. The predicted octanol–water partition coefficient (Wildman–Crippen LogP) is 6.10. The Morgan fingerprint density at radius 2 is 1.97 bits per heavy atom. The standard InChI is InChI=1S/C32H32FNO5/c1-4-5-22(17-31(35)36-3)21-6-8-23(9-7-21)38-29-13-11-26-25(10-12-28(33)32(26)29)27-18-34-30(16-20(27)2)39-24-14-15-37-19-24/h6-10,12,16,18,22,24,29H,11,13-15,17,19H2,1-3H3/t22?,24?,29-/m1/s1. The molecule has 2 aliphatic rings. The van der Waals surface area contributed by atoms with E-state index in [0.29, 0.717) is 43.2 Å². The Labute approximate surface area is 228 Å². The van der Waals surface area contributed by atoms with Gasteiger partial charge in [-0.25, -0.2) is 9.37 Å². The number of carbonyl (C=O) groups excluding carboxylic acids is 1. The predicted molar refractivity (Wildman–Crippen MR) is 145 cm³/mol. The van der Waals surface area contributed by atoms with Gasteiger partial charge in [-0.05, 0) is 67.1 Å². The zero-order chi connectivity index (χ0) is 27.4. The lowest BCUT2D eigenvalue weighted by Gasteiger charge is -2.18. The number of esters is 1. The molecule has 5 rings (SSSR count). The zero-order valence-electron chi connectivity index (χ0n) is 22.5. The summed E-state index contributed by atoms with van der Waals surface area (Å²) in [5.41, 5.74) is 5.40. The Hall–Kier alpha value is -3.89. The van der Waals surface area contributed by atoms with E-state index >= 15 is 4.39 Å². The normalized spacial score (nSPS) is 18.6. The zero-order valence-corrected chi connectivity index (χ0v) is 22.5. The first kappa shape index (κ1) is 26.7. The van der Waals surface area contributed by atoms with Crippen molar-refractivity contribution in [1.29, 1.82) is 0 Å². The lowest BCUT2D eigenvalue weighted by atomic mass is 9.94. The molecule has 1 aliphatic heterocycles. The summed E-state index contributed by atoms with van der Waals surface area (Å²) in [7, 11) is 1.37. The van der Waals surface area contributed by atoms with E-state index in [9.17, 15) is 4.79 Å². The summed E-state index contributed by atoms with van der Waals surface area (Å²) in [6, 6.07) is 12.8. The van der Waals surface area contributed by atoms with Gasteiger partial charge >= 0.3 is 5.97 Å². The smallest absolute Gasteiger partial charge is 0.307 e. The van der Waals surface area contributed by atoms with Crippen LogP contribution in [-0.4, -0.2) is 37.4 Å². The quantitative estimate of drug-likeness (QED) is 0.260. The number of carbonyl (C=O) groups is 1. The van der Waals surface area contributed by atoms with Crippen LogP contribution in [0.4, 0.5) is 4.39 Å². The first-order valence-corrected chi connectivity index (χ1v) is 13.2. The van der Waals surface area contributed by atoms with Gasteiger partial charge in [-0.1, -0.05) is 24.1 Å². The third kappa shape index (κ3) is 5.91. The van der Waals surface area contributed by atoms with Gasteiger partial charge in [-0.3, -0.25) is 4.79 Å². The van der Waals surface area contributed by atoms with Crippen LogP contribution in [0.25, 0.3) is 11.1 Å². The molecule has 6 nitrogen and oxygen atoms in total.